The van der Waals surface area contributed by atoms with Gasteiger partial charge in [-0.15, -0.1) is 0 Å². The van der Waals surface area contributed by atoms with Crippen molar-refractivity contribution < 1.29 is 48.9 Å². The van der Waals surface area contributed by atoms with Crippen molar-refractivity contribution in [3.05, 3.63) is 535 Å². The molecule has 21 rings (SSSR count). The standard InChI is InChI=1S/C22H18ClN5O2.4C18H15P.C15H11BrClN3O.C13H19BN2O3.Pd/c1-24-21(29)19-8-3-15(12-25-19)18-13-26-28-10-9-14(11-20(18)28)22(30)27(2)17-6-4-16(23)5-7-17;4*1-4-10-16(11-5-1)19(17-12-6-2-7-13-17)18-14-8-3-9-15-18;1-19(12-4-2-11(17)3-5-12)15(21)10-6-7-20-14(8-10)13(16)9-18-20;1-12(2)13(3,4)19-14(18-12)9-6-7-10(16-8-9)11(17)15-5;/h3-13H,1-2H3,(H,24,29);4*1-15H;2-9H,1H3;6-8H,1-5H3,(H,15,17);. The molecule has 1 saturated heterocycles. The summed E-state index contributed by atoms with van der Waals surface area (Å²) in [6, 6.07) is 158. The molecular weight excluding hydrogens is 2090 g/mol. The largest absolute Gasteiger partial charge is 0.496 e. The van der Waals surface area contributed by atoms with E-state index in [4.69, 9.17) is 32.5 Å². The molecule has 0 spiro atoms. The average Bonchev–Trinajstić information content (AvgIpc) is 1.62. The number of carbonyl (C=O) groups excluding carboxylic acids is 4. The van der Waals surface area contributed by atoms with Crippen molar-refractivity contribution in [2.75, 3.05) is 38.0 Å². The minimum atomic E-state index is -0.448. The molecule has 1 aliphatic heterocycles. The molecule has 20 aromatic rings. The van der Waals surface area contributed by atoms with Crippen LogP contribution in [-0.4, -0.2) is 99.3 Å². The van der Waals surface area contributed by atoms with E-state index >= 15 is 0 Å². The van der Waals surface area contributed by atoms with Gasteiger partial charge in [0, 0.05) is 123 Å². The van der Waals surface area contributed by atoms with Crippen LogP contribution >= 0.6 is 70.8 Å². The zero-order valence-electron chi connectivity index (χ0n) is 82.2. The number of nitrogens with zero attached hydrogens (tertiary/aromatic N) is 8. The van der Waals surface area contributed by atoms with Gasteiger partial charge in [0.25, 0.3) is 23.6 Å². The van der Waals surface area contributed by atoms with Crippen molar-refractivity contribution in [1.82, 2.24) is 39.8 Å². The number of benzene rings is 14. The van der Waals surface area contributed by atoms with Gasteiger partial charge in [0.1, 0.15) is 11.4 Å². The molecule has 0 aliphatic carbocycles. The minimum Gasteiger partial charge on any atom is -0.399 e. The number of hydrogen-bond donors (Lipinski definition) is 2. The normalized spacial score (nSPS) is 11.8. The predicted molar refractivity (Wildman–Crippen MR) is 617 cm³/mol. The van der Waals surface area contributed by atoms with Crippen molar-refractivity contribution in [3.8, 4) is 11.1 Å². The third-order valence-corrected chi connectivity index (χ3v) is 34.9. The van der Waals surface area contributed by atoms with Gasteiger partial charge < -0.3 is 29.7 Å². The molecule has 16 nitrogen and oxygen atoms in total. The third-order valence-electron chi connectivity index (χ3n) is 24.0. The van der Waals surface area contributed by atoms with Gasteiger partial charge in [-0.2, -0.15) is 10.2 Å². The second-order valence-electron chi connectivity index (χ2n) is 34.2. The molecule has 2 N–H and O–H groups in total. The molecule has 0 bridgehead atoms. The first-order valence-corrected chi connectivity index (χ1v) is 54.2. The number of amides is 4. The van der Waals surface area contributed by atoms with E-state index in [1.807, 2.05) is 52.0 Å². The first-order valence-electron chi connectivity index (χ1n) is 47.3. The molecule has 0 atom stereocenters. The van der Waals surface area contributed by atoms with E-state index in [1.165, 1.54) is 63.7 Å². The summed E-state index contributed by atoms with van der Waals surface area (Å²) < 4.78 is 16.1. The molecule has 4 amide bonds. The van der Waals surface area contributed by atoms with Crippen LogP contribution in [0.25, 0.3) is 22.2 Å². The van der Waals surface area contributed by atoms with Gasteiger partial charge >= 0.3 is 7.12 Å². The van der Waals surface area contributed by atoms with Gasteiger partial charge in [0.2, 0.25) is 0 Å². The van der Waals surface area contributed by atoms with Crippen LogP contribution < -0.4 is 89.6 Å². The maximum Gasteiger partial charge on any atom is 0.496 e. The smallest absolute Gasteiger partial charge is 0.399 e. The Hall–Kier alpha value is -13.9. The van der Waals surface area contributed by atoms with Crippen LogP contribution in [0.4, 0.5) is 11.4 Å². The number of pyridine rings is 4. The molecule has 7 heterocycles. The molecule has 1 fully saturated rings. The summed E-state index contributed by atoms with van der Waals surface area (Å²) in [6.45, 7) is 8.00. The van der Waals surface area contributed by atoms with Crippen molar-refractivity contribution in [2.24, 2.45) is 0 Å². The van der Waals surface area contributed by atoms with E-state index in [-0.39, 0.29) is 55.3 Å². The van der Waals surface area contributed by atoms with Gasteiger partial charge in [-0.05, 0) is 224 Å². The Kier molecular flexibility index (Phi) is 39.9. The number of nitrogens with one attached hydrogen (secondary N) is 2. The van der Waals surface area contributed by atoms with Crippen LogP contribution in [0.3, 0.4) is 0 Å². The van der Waals surface area contributed by atoms with Crippen LogP contribution in [0.15, 0.2) is 503 Å². The van der Waals surface area contributed by atoms with E-state index in [9.17, 15) is 19.2 Å². The number of fused-ring (bicyclic) bond motifs is 2. The van der Waals surface area contributed by atoms with Gasteiger partial charge in [0.05, 0.1) is 39.1 Å². The van der Waals surface area contributed by atoms with E-state index in [0.29, 0.717) is 32.6 Å². The number of carbonyl (C=O) groups is 4. The van der Waals surface area contributed by atoms with Crippen LogP contribution in [0.1, 0.15) is 69.4 Å². The molecule has 6 aromatic heterocycles. The number of rotatable bonds is 20. The van der Waals surface area contributed by atoms with Crippen molar-refractivity contribution in [3.63, 3.8) is 0 Å². The SMILES string of the molecule is CN(C(=O)c1ccn2ncc(Br)c2c1)c1ccc(Cl)cc1.CNC(=O)c1ccc(-c2cnn3ccc(C(=O)N(C)c4ccc(Cl)cc4)cc23)cn1.CNC(=O)c1ccc(B2OC(C)(C)C(C)(C)O2)cn1.[Pd].c1ccc(P(c2ccccc2)c2ccccc2)cc1.c1ccc(P(c2ccccc2)c2ccccc2)cc1.c1ccc(P(c2ccccc2)c2ccccc2)cc1.c1ccc(P(c2ccccc2)c2ccccc2)cc1. The topological polar surface area (TPSA) is 178 Å². The molecule has 147 heavy (non-hydrogen) atoms. The molecule has 0 radical (unpaired) electrons. The van der Waals surface area contributed by atoms with E-state index in [1.54, 1.807) is 157 Å². The molecule has 1 aliphatic rings. The van der Waals surface area contributed by atoms with Crippen molar-refractivity contribution >= 4 is 193 Å². The van der Waals surface area contributed by atoms with E-state index < -0.39 is 38.8 Å². The Bertz CT molecular complexity index is 6680. The zero-order valence-corrected chi connectivity index (χ0v) is 90.4. The van der Waals surface area contributed by atoms with Gasteiger partial charge in [0.15, 0.2) is 0 Å². The Morgan fingerprint density at radius 1 is 0.327 bits per heavy atom. The Morgan fingerprint density at radius 2 is 0.578 bits per heavy atom. The first kappa shape index (κ1) is 109. The summed E-state index contributed by atoms with van der Waals surface area (Å²) >= 11 is 15.2. The number of halogens is 3. The van der Waals surface area contributed by atoms with E-state index in [2.05, 4.69) is 411 Å². The Balaban J connectivity index is 0.000000136. The molecule has 0 unspecified atom stereocenters. The number of aromatic nitrogens is 6. The average molecular weight is 2200 g/mol. The fraction of sp³-hybridized carbons (Fsp3) is 0.0820. The number of anilines is 2. The fourth-order valence-corrected chi connectivity index (χ4v) is 25.5. The Labute approximate surface area is 897 Å². The monoisotopic (exact) mass is 2200 g/mol. The summed E-state index contributed by atoms with van der Waals surface area (Å²) in [4.78, 5) is 60.2. The molecule has 736 valence electrons. The second-order valence-corrected chi connectivity index (χ2v) is 44.9. The Morgan fingerprint density at radius 3 is 0.830 bits per heavy atom. The van der Waals surface area contributed by atoms with Crippen molar-refractivity contribution in [1.29, 1.82) is 0 Å². The molecule has 14 aromatic carbocycles. The zero-order chi connectivity index (χ0) is 102. The van der Waals surface area contributed by atoms with Crippen LogP contribution in [0, 0.1) is 0 Å². The molecule has 25 heteroatoms. The van der Waals surface area contributed by atoms with Crippen LogP contribution in [0.5, 0.6) is 0 Å². The van der Waals surface area contributed by atoms with Crippen molar-refractivity contribution in [2.45, 2.75) is 38.9 Å². The third kappa shape index (κ3) is 29.1. The maximum absolute atomic E-state index is 13.0. The fourth-order valence-electron chi connectivity index (χ4n) is 15.7. The minimum absolute atomic E-state index is 0. The van der Waals surface area contributed by atoms with Gasteiger partial charge in [-0.3, -0.25) is 29.1 Å². The number of hydrogen-bond acceptors (Lipinski definition) is 10. The van der Waals surface area contributed by atoms with E-state index in [0.717, 1.165) is 43.5 Å². The summed E-state index contributed by atoms with van der Waals surface area (Å²) in [6.07, 6.45) is 10.2. The summed E-state index contributed by atoms with van der Waals surface area (Å²) in [5, 5.41) is 31.6. The van der Waals surface area contributed by atoms with Crippen LogP contribution in [-0.2, 0) is 29.7 Å². The predicted octanol–water partition coefficient (Wildman–Crippen LogP) is 22.2. The van der Waals surface area contributed by atoms with Gasteiger partial charge in [-0.1, -0.05) is 399 Å². The maximum atomic E-state index is 13.0. The molecular formula is C122H108BBrCl2N10O6P4Pd. The van der Waals surface area contributed by atoms with Gasteiger partial charge in [-0.25, -0.2) is 9.03 Å². The quantitative estimate of drug-likeness (QED) is 0.0551. The first-order chi connectivity index (χ1) is 71.1. The second kappa shape index (κ2) is 53.9. The summed E-state index contributed by atoms with van der Waals surface area (Å²) in [5.74, 6) is -0.701. The molecule has 0 saturated carbocycles. The summed E-state index contributed by atoms with van der Waals surface area (Å²) in [5.41, 5.74) is 6.65. The van der Waals surface area contributed by atoms with Crippen LogP contribution in [0.2, 0.25) is 10.0 Å². The summed E-state index contributed by atoms with van der Waals surface area (Å²) in [7, 11) is 4.36.